The van der Waals surface area contributed by atoms with Gasteiger partial charge in [-0.05, 0) is 30.2 Å². The molecule has 0 saturated carbocycles. The Bertz CT molecular complexity index is 1210. The summed E-state index contributed by atoms with van der Waals surface area (Å²) < 4.78 is 3.61. The summed E-state index contributed by atoms with van der Waals surface area (Å²) in [5, 5.41) is 4.36. The fourth-order valence-electron chi connectivity index (χ4n) is 3.35. The minimum atomic E-state index is -0.334. The summed E-state index contributed by atoms with van der Waals surface area (Å²) in [6.07, 6.45) is 2.37. The number of rotatable bonds is 4. The van der Waals surface area contributed by atoms with Crippen LogP contribution in [0.2, 0.25) is 15.1 Å². The number of aromatic amines is 1. The van der Waals surface area contributed by atoms with E-state index in [9.17, 15) is 4.79 Å². The molecule has 0 spiro atoms. The fraction of sp³-hybridized carbons (Fsp3) is 0.250. The second-order valence-corrected chi connectivity index (χ2v) is 8.42. The minimum Gasteiger partial charge on any atom is -0.354 e. The first-order valence-corrected chi connectivity index (χ1v) is 10.2. The van der Waals surface area contributed by atoms with E-state index in [0.717, 1.165) is 11.4 Å². The molecule has 0 bridgehead atoms. The normalized spacial score (nSPS) is 11.7. The van der Waals surface area contributed by atoms with Crippen molar-refractivity contribution in [2.75, 3.05) is 0 Å². The number of nitrogens with zero attached hydrogens (tertiary/aromatic N) is 4. The number of benzene rings is 1. The number of hydrogen-bond acceptors (Lipinski definition) is 3. The van der Waals surface area contributed by atoms with Crippen molar-refractivity contribution in [3.63, 3.8) is 0 Å². The van der Waals surface area contributed by atoms with Crippen LogP contribution < -0.4 is 5.56 Å². The molecule has 1 aromatic heterocycles. The summed E-state index contributed by atoms with van der Waals surface area (Å²) in [5.41, 5.74) is 2.30. The maximum atomic E-state index is 12.9. The summed E-state index contributed by atoms with van der Waals surface area (Å²) in [6.45, 7) is 3.97. The van der Waals surface area contributed by atoms with Gasteiger partial charge in [0.2, 0.25) is 0 Å². The number of hydrogen-bond donors (Lipinski definition) is 1. The van der Waals surface area contributed by atoms with E-state index in [1.807, 2.05) is 43.8 Å². The van der Waals surface area contributed by atoms with Crippen LogP contribution in [0.3, 0.4) is 0 Å². The van der Waals surface area contributed by atoms with E-state index in [4.69, 9.17) is 39.8 Å². The molecule has 9 heteroatoms. The summed E-state index contributed by atoms with van der Waals surface area (Å²) in [7, 11) is 1.94. The Morgan fingerprint density at radius 2 is 1.83 bits per heavy atom. The van der Waals surface area contributed by atoms with Crippen molar-refractivity contribution < 1.29 is 0 Å². The van der Waals surface area contributed by atoms with Gasteiger partial charge in [0.05, 0.1) is 15.7 Å². The maximum absolute atomic E-state index is 12.9. The number of H-pyrrole nitrogens is 1. The summed E-state index contributed by atoms with van der Waals surface area (Å²) >= 11 is 18.9. The molecule has 0 atom stereocenters. The Morgan fingerprint density at radius 3 is 2.41 bits per heavy atom. The van der Waals surface area contributed by atoms with E-state index in [1.54, 1.807) is 16.8 Å². The molecule has 6 nitrogen and oxygen atoms in total. The second kappa shape index (κ2) is 7.52. The molecular formula is C20H18Cl3N5O. The van der Waals surface area contributed by atoms with Gasteiger partial charge in [0.15, 0.2) is 5.82 Å². The number of fused-ring (bicyclic) bond motifs is 1. The molecule has 150 valence electrons. The molecule has 2 aliphatic rings. The Morgan fingerprint density at radius 1 is 1.14 bits per heavy atom. The van der Waals surface area contributed by atoms with Gasteiger partial charge in [0.25, 0.3) is 5.56 Å². The van der Waals surface area contributed by atoms with Gasteiger partial charge in [0.1, 0.15) is 17.1 Å². The monoisotopic (exact) mass is 449 g/mol. The Hall–Kier alpha value is -2.28. The molecule has 29 heavy (non-hydrogen) atoms. The average Bonchev–Trinajstić information content (AvgIpc) is 3.19. The molecule has 0 unspecified atom stereocenters. The van der Waals surface area contributed by atoms with Gasteiger partial charge in [-0.3, -0.25) is 9.89 Å². The van der Waals surface area contributed by atoms with Crippen molar-refractivity contribution in [1.29, 1.82) is 0 Å². The fourth-order valence-corrected chi connectivity index (χ4v) is 4.33. The van der Waals surface area contributed by atoms with Crippen molar-refractivity contribution in [1.82, 2.24) is 24.3 Å². The highest BCUT2D eigenvalue weighted by Gasteiger charge is 2.27. The van der Waals surface area contributed by atoms with E-state index in [2.05, 4.69) is 10.1 Å². The van der Waals surface area contributed by atoms with Crippen LogP contribution in [0.25, 0.3) is 17.1 Å². The molecule has 0 saturated heterocycles. The minimum absolute atomic E-state index is 0.0404. The first-order chi connectivity index (χ1) is 13.8. The number of aryl methyl sites for hydroxylation is 1. The Balaban J connectivity index is 1.97. The quantitative estimate of drug-likeness (QED) is 0.472. The van der Waals surface area contributed by atoms with Crippen molar-refractivity contribution in [3.05, 3.63) is 73.1 Å². The van der Waals surface area contributed by atoms with Crippen molar-refractivity contribution in [2.24, 2.45) is 7.05 Å². The van der Waals surface area contributed by atoms with Gasteiger partial charge >= 0.3 is 0 Å². The molecule has 1 aromatic carbocycles. The molecule has 3 heterocycles. The van der Waals surface area contributed by atoms with Crippen LogP contribution in [0, 0.1) is 0 Å². The summed E-state index contributed by atoms with van der Waals surface area (Å²) in [5.74, 6) is 0.899. The van der Waals surface area contributed by atoms with Gasteiger partial charge in [-0.15, -0.1) is 0 Å². The third kappa shape index (κ3) is 3.56. The highest BCUT2D eigenvalue weighted by molar-refractivity contribution is 6.40. The van der Waals surface area contributed by atoms with Crippen LogP contribution in [0.4, 0.5) is 0 Å². The van der Waals surface area contributed by atoms with E-state index >= 15 is 0 Å². The summed E-state index contributed by atoms with van der Waals surface area (Å²) in [4.78, 5) is 21.8. The zero-order valence-electron chi connectivity index (χ0n) is 16.0. The lowest BCUT2D eigenvalue weighted by Gasteiger charge is -2.11. The van der Waals surface area contributed by atoms with Crippen LogP contribution in [-0.4, -0.2) is 24.3 Å². The molecule has 0 amide bonds. The lowest BCUT2D eigenvalue weighted by Crippen LogP contribution is -2.18. The third-order valence-electron chi connectivity index (χ3n) is 4.79. The lowest BCUT2D eigenvalue weighted by atomic mass is 10.1. The molecule has 0 radical (unpaired) electrons. The SMILES string of the molecule is CC(C)c1[nH]n(-c2c(Cl)cc(Cl)cc2Cl)c2nc(Cc3cccn3C)nc(=O)c1-2. The third-order valence-corrected chi connectivity index (χ3v) is 5.58. The topological polar surface area (TPSA) is 68.5 Å². The van der Waals surface area contributed by atoms with E-state index in [1.165, 1.54) is 0 Å². The van der Waals surface area contributed by atoms with Crippen LogP contribution >= 0.6 is 34.8 Å². The van der Waals surface area contributed by atoms with Gasteiger partial charge in [-0.25, -0.2) is 9.67 Å². The van der Waals surface area contributed by atoms with Gasteiger partial charge in [-0.1, -0.05) is 48.7 Å². The highest BCUT2D eigenvalue weighted by Crippen LogP contribution is 2.36. The van der Waals surface area contributed by atoms with Crippen molar-refractivity contribution >= 4 is 34.8 Å². The van der Waals surface area contributed by atoms with Crippen LogP contribution in [-0.2, 0) is 13.5 Å². The molecular weight excluding hydrogens is 433 g/mol. The van der Waals surface area contributed by atoms with Gasteiger partial charge < -0.3 is 4.57 Å². The number of aromatic nitrogens is 5. The molecule has 0 aliphatic carbocycles. The molecule has 4 rings (SSSR count). The molecule has 1 N–H and O–H groups in total. The average molecular weight is 451 g/mol. The predicted molar refractivity (Wildman–Crippen MR) is 116 cm³/mol. The molecule has 2 aromatic rings. The first-order valence-electron chi connectivity index (χ1n) is 9.03. The largest absolute Gasteiger partial charge is 0.354 e. The molecule has 0 fully saturated rings. The Labute approximate surface area is 182 Å². The molecule has 2 aliphatic heterocycles. The highest BCUT2D eigenvalue weighted by atomic mass is 35.5. The lowest BCUT2D eigenvalue weighted by molar-refractivity contribution is 0.769. The predicted octanol–water partition coefficient (Wildman–Crippen LogP) is 5.07. The zero-order chi connectivity index (χ0) is 20.9. The van der Waals surface area contributed by atoms with Crippen LogP contribution in [0.15, 0.2) is 35.3 Å². The van der Waals surface area contributed by atoms with E-state index in [-0.39, 0.29) is 11.5 Å². The van der Waals surface area contributed by atoms with Crippen molar-refractivity contribution in [2.45, 2.75) is 26.2 Å². The van der Waals surface area contributed by atoms with Gasteiger partial charge in [0, 0.05) is 30.4 Å². The van der Waals surface area contributed by atoms with Crippen LogP contribution in [0.5, 0.6) is 0 Å². The van der Waals surface area contributed by atoms with E-state index in [0.29, 0.717) is 44.4 Å². The van der Waals surface area contributed by atoms with Gasteiger partial charge in [-0.2, -0.15) is 4.98 Å². The Kier molecular flexibility index (Phi) is 5.19. The number of halogens is 3. The van der Waals surface area contributed by atoms with Crippen molar-refractivity contribution in [3.8, 4) is 17.1 Å². The van der Waals surface area contributed by atoms with E-state index < -0.39 is 0 Å². The zero-order valence-corrected chi connectivity index (χ0v) is 18.3. The smallest absolute Gasteiger partial charge is 0.284 e. The standard InChI is InChI=1S/C20H18Cl3N5O/c1-10(2)17-16-19(28(26-17)18-13(22)7-11(21)8-14(18)23)24-15(25-20(16)29)9-12-5-4-6-27(12)3/h4-8,10,26H,9H2,1-3H3. The maximum Gasteiger partial charge on any atom is 0.284 e. The number of nitrogens with one attached hydrogen (secondary N) is 1. The second-order valence-electron chi connectivity index (χ2n) is 7.16. The summed E-state index contributed by atoms with van der Waals surface area (Å²) in [6, 6.07) is 7.11. The first kappa shape index (κ1) is 20.0. The van der Waals surface area contributed by atoms with Crippen LogP contribution in [0.1, 0.15) is 37.0 Å².